The smallest absolute Gasteiger partial charge is 0.220 e. The van der Waals surface area contributed by atoms with Crippen molar-refractivity contribution in [3.8, 4) is 0 Å². The third-order valence-electron chi connectivity index (χ3n) is 4.48. The Bertz CT molecular complexity index is 483. The van der Waals surface area contributed by atoms with Crippen molar-refractivity contribution in [3.05, 3.63) is 35.6 Å². The molecule has 122 valence electrons. The van der Waals surface area contributed by atoms with E-state index in [9.17, 15) is 14.3 Å². The second-order valence-corrected chi connectivity index (χ2v) is 6.20. The minimum atomic E-state index is -0.273. The van der Waals surface area contributed by atoms with Crippen LogP contribution in [0.2, 0.25) is 0 Å². The number of halogens is 1. The topological polar surface area (TPSA) is 58.6 Å². The van der Waals surface area contributed by atoms with E-state index in [0.717, 1.165) is 18.4 Å². The van der Waals surface area contributed by atoms with E-state index < -0.39 is 0 Å². The molecule has 1 heterocycles. The molecule has 1 saturated heterocycles. The van der Waals surface area contributed by atoms with E-state index in [-0.39, 0.29) is 29.7 Å². The summed E-state index contributed by atoms with van der Waals surface area (Å²) in [5, 5.41) is 12.5. The Morgan fingerprint density at radius 3 is 2.59 bits per heavy atom. The van der Waals surface area contributed by atoms with Crippen LogP contribution in [0.1, 0.15) is 37.7 Å². The van der Waals surface area contributed by atoms with Gasteiger partial charge in [-0.1, -0.05) is 19.1 Å². The van der Waals surface area contributed by atoms with Crippen LogP contribution >= 0.6 is 0 Å². The van der Waals surface area contributed by atoms with Gasteiger partial charge in [-0.2, -0.15) is 0 Å². The molecule has 1 aromatic carbocycles. The van der Waals surface area contributed by atoms with Gasteiger partial charge >= 0.3 is 0 Å². The number of hydrogen-bond acceptors (Lipinski definition) is 3. The Morgan fingerprint density at radius 2 is 2.00 bits per heavy atom. The lowest BCUT2D eigenvalue weighted by Gasteiger charge is -2.35. The number of aliphatic hydroxyl groups is 1. The van der Waals surface area contributed by atoms with Crippen LogP contribution in [0.4, 0.5) is 4.39 Å². The molecule has 1 unspecified atom stereocenters. The summed E-state index contributed by atoms with van der Waals surface area (Å²) in [7, 11) is 0. The number of nitrogens with one attached hydrogen (secondary N) is 1. The summed E-state index contributed by atoms with van der Waals surface area (Å²) >= 11 is 0. The fourth-order valence-electron chi connectivity index (χ4n) is 2.74. The summed E-state index contributed by atoms with van der Waals surface area (Å²) in [5.74, 6) is -0.290. The molecule has 0 saturated carbocycles. The predicted molar refractivity (Wildman–Crippen MR) is 82.0 cm³/mol. The first-order valence-corrected chi connectivity index (χ1v) is 7.75. The van der Waals surface area contributed by atoms with Crippen LogP contribution in [0.15, 0.2) is 24.3 Å². The van der Waals surface area contributed by atoms with Gasteiger partial charge < -0.3 is 15.2 Å². The molecule has 0 radical (unpaired) electrons. The van der Waals surface area contributed by atoms with Crippen molar-refractivity contribution < 1.29 is 19.0 Å². The average molecular weight is 309 g/mol. The number of hydrogen-bond donors (Lipinski definition) is 2. The lowest BCUT2D eigenvalue weighted by atomic mass is 9.81. The molecule has 1 aromatic rings. The quantitative estimate of drug-likeness (QED) is 0.847. The van der Waals surface area contributed by atoms with Crippen molar-refractivity contribution in [1.29, 1.82) is 0 Å². The summed E-state index contributed by atoms with van der Waals surface area (Å²) < 4.78 is 18.2. The number of carbonyl (C=O) groups is 1. The maximum absolute atomic E-state index is 12.9. The van der Waals surface area contributed by atoms with Gasteiger partial charge in [0, 0.05) is 31.6 Å². The molecule has 0 bridgehead atoms. The van der Waals surface area contributed by atoms with Gasteiger partial charge in [0.15, 0.2) is 0 Å². The molecule has 1 aliphatic heterocycles. The zero-order valence-corrected chi connectivity index (χ0v) is 13.0. The van der Waals surface area contributed by atoms with Gasteiger partial charge in [0.05, 0.1) is 6.61 Å². The molecule has 22 heavy (non-hydrogen) atoms. The fraction of sp³-hybridized carbons (Fsp3) is 0.588. The van der Waals surface area contributed by atoms with Crippen molar-refractivity contribution in [2.75, 3.05) is 26.4 Å². The van der Waals surface area contributed by atoms with Crippen LogP contribution < -0.4 is 5.32 Å². The van der Waals surface area contributed by atoms with Crippen LogP contribution in [0.3, 0.4) is 0 Å². The normalized spacial score (nSPS) is 18.7. The SMILES string of the molecule is CC(CC(=O)NCC1(CO)CCOCC1)c1ccc(F)cc1. The van der Waals surface area contributed by atoms with E-state index in [1.54, 1.807) is 12.1 Å². The van der Waals surface area contributed by atoms with Crippen LogP contribution in [0.5, 0.6) is 0 Å². The Balaban J connectivity index is 1.83. The minimum Gasteiger partial charge on any atom is -0.396 e. The van der Waals surface area contributed by atoms with Gasteiger partial charge in [-0.25, -0.2) is 4.39 Å². The van der Waals surface area contributed by atoms with Crippen LogP contribution in [-0.2, 0) is 9.53 Å². The van der Waals surface area contributed by atoms with E-state index in [0.29, 0.717) is 26.2 Å². The first kappa shape index (κ1) is 16.9. The van der Waals surface area contributed by atoms with Crippen LogP contribution in [-0.4, -0.2) is 37.4 Å². The summed E-state index contributed by atoms with van der Waals surface area (Å²) in [6.07, 6.45) is 1.87. The molecule has 5 heteroatoms. The highest BCUT2D eigenvalue weighted by atomic mass is 19.1. The third kappa shape index (κ3) is 4.52. The summed E-state index contributed by atoms with van der Waals surface area (Å²) in [6, 6.07) is 6.24. The number of benzene rings is 1. The maximum Gasteiger partial charge on any atom is 0.220 e. The van der Waals surface area contributed by atoms with Crippen molar-refractivity contribution in [3.63, 3.8) is 0 Å². The molecule has 1 aliphatic rings. The highest BCUT2D eigenvalue weighted by molar-refractivity contribution is 5.76. The monoisotopic (exact) mass is 309 g/mol. The zero-order chi connectivity index (χ0) is 16.0. The van der Waals surface area contributed by atoms with Crippen LogP contribution in [0.25, 0.3) is 0 Å². The van der Waals surface area contributed by atoms with Crippen molar-refractivity contribution in [1.82, 2.24) is 5.32 Å². The first-order valence-electron chi connectivity index (χ1n) is 7.75. The standard InChI is InChI=1S/C17H24FNO3/c1-13(14-2-4-15(18)5-3-14)10-16(21)19-11-17(12-20)6-8-22-9-7-17/h2-5,13,20H,6-12H2,1H3,(H,19,21). The molecule has 1 amide bonds. The highest BCUT2D eigenvalue weighted by Gasteiger charge is 2.32. The summed E-state index contributed by atoms with van der Waals surface area (Å²) in [4.78, 5) is 12.1. The fourth-order valence-corrected chi connectivity index (χ4v) is 2.74. The number of carbonyl (C=O) groups excluding carboxylic acids is 1. The zero-order valence-electron chi connectivity index (χ0n) is 13.0. The second-order valence-electron chi connectivity index (χ2n) is 6.20. The molecule has 1 fully saturated rings. The van der Waals surface area contributed by atoms with Crippen molar-refractivity contribution in [2.45, 2.75) is 32.1 Å². The Hall–Kier alpha value is -1.46. The average Bonchev–Trinajstić information content (AvgIpc) is 2.54. The van der Waals surface area contributed by atoms with Gasteiger partial charge in [0.2, 0.25) is 5.91 Å². The third-order valence-corrected chi connectivity index (χ3v) is 4.48. The molecule has 4 nitrogen and oxygen atoms in total. The number of rotatable bonds is 6. The molecular formula is C17H24FNO3. The van der Waals surface area contributed by atoms with Crippen molar-refractivity contribution in [2.24, 2.45) is 5.41 Å². The molecular weight excluding hydrogens is 285 g/mol. The van der Waals surface area contributed by atoms with E-state index in [4.69, 9.17) is 4.74 Å². The molecule has 2 rings (SSSR count). The molecule has 0 spiro atoms. The Labute approximate surface area is 130 Å². The lowest BCUT2D eigenvalue weighted by Crippen LogP contribution is -2.43. The minimum absolute atomic E-state index is 0.0281. The van der Waals surface area contributed by atoms with Gasteiger partial charge in [-0.15, -0.1) is 0 Å². The van der Waals surface area contributed by atoms with Crippen molar-refractivity contribution >= 4 is 5.91 Å². The summed E-state index contributed by atoms with van der Waals surface area (Å²) in [5.41, 5.74) is 0.687. The molecule has 0 aromatic heterocycles. The van der Waals surface area contributed by atoms with Gasteiger partial charge in [-0.05, 0) is 36.5 Å². The first-order chi connectivity index (χ1) is 10.5. The molecule has 2 N–H and O–H groups in total. The second kappa shape index (κ2) is 7.70. The van der Waals surface area contributed by atoms with Crippen LogP contribution in [0, 0.1) is 11.2 Å². The molecule has 0 aliphatic carbocycles. The highest BCUT2D eigenvalue weighted by Crippen LogP contribution is 2.29. The Kier molecular flexibility index (Phi) is 5.91. The largest absolute Gasteiger partial charge is 0.396 e. The van der Waals surface area contributed by atoms with E-state index in [1.165, 1.54) is 12.1 Å². The van der Waals surface area contributed by atoms with Gasteiger partial charge in [0.1, 0.15) is 5.82 Å². The molecule has 1 atom stereocenters. The summed E-state index contributed by atoms with van der Waals surface area (Å²) in [6.45, 7) is 3.74. The van der Waals surface area contributed by atoms with Gasteiger partial charge in [0.25, 0.3) is 0 Å². The van der Waals surface area contributed by atoms with E-state index >= 15 is 0 Å². The number of amides is 1. The number of ether oxygens (including phenoxy) is 1. The Morgan fingerprint density at radius 1 is 1.36 bits per heavy atom. The predicted octanol–water partition coefficient (Wildman–Crippen LogP) is 2.22. The van der Waals surface area contributed by atoms with E-state index in [1.807, 2.05) is 6.92 Å². The lowest BCUT2D eigenvalue weighted by molar-refractivity contribution is -0.122. The van der Waals surface area contributed by atoms with E-state index in [2.05, 4.69) is 5.32 Å². The number of aliphatic hydroxyl groups excluding tert-OH is 1. The maximum atomic E-state index is 12.9. The van der Waals surface area contributed by atoms with Gasteiger partial charge in [-0.3, -0.25) is 4.79 Å².